The normalized spacial score (nSPS) is 18.9. The highest BCUT2D eigenvalue weighted by atomic mass is 19.1. The third kappa shape index (κ3) is 6.19. The fraction of sp³-hybridized carbons (Fsp3) is 0.355. The van der Waals surface area contributed by atoms with Crippen molar-refractivity contribution in [3.8, 4) is 11.5 Å². The minimum Gasteiger partial charge on any atom is -0.497 e. The van der Waals surface area contributed by atoms with Crippen molar-refractivity contribution in [2.45, 2.75) is 18.9 Å². The number of aliphatic hydroxyl groups is 2. The highest BCUT2D eigenvalue weighted by Gasteiger charge is 2.45. The lowest BCUT2D eigenvalue weighted by atomic mass is 9.67. The molecule has 1 saturated heterocycles. The summed E-state index contributed by atoms with van der Waals surface area (Å²) in [7, 11) is 3.04. The summed E-state index contributed by atoms with van der Waals surface area (Å²) in [6.07, 6.45) is -1.04. The van der Waals surface area contributed by atoms with Crippen molar-refractivity contribution >= 4 is 11.6 Å². The van der Waals surface area contributed by atoms with Crippen LogP contribution in [0.25, 0.3) is 0 Å². The van der Waals surface area contributed by atoms with E-state index < -0.39 is 36.3 Å². The molecule has 3 aromatic carbocycles. The zero-order valence-electron chi connectivity index (χ0n) is 22.3. The van der Waals surface area contributed by atoms with Gasteiger partial charge in [0.2, 0.25) is 0 Å². The molecule has 1 heterocycles. The minimum absolute atomic E-state index is 0.0785. The molecule has 7 nitrogen and oxygen atoms in total. The summed E-state index contributed by atoms with van der Waals surface area (Å²) in [6, 6.07) is 18.4. The quantitative estimate of drug-likeness (QED) is 0.380. The van der Waals surface area contributed by atoms with Crippen LogP contribution in [0.3, 0.4) is 0 Å². The van der Waals surface area contributed by atoms with Crippen LogP contribution in [0.15, 0.2) is 66.7 Å². The van der Waals surface area contributed by atoms with Crippen molar-refractivity contribution in [1.82, 2.24) is 4.90 Å². The SMILES string of the molecule is COc1cccc(C(=O)[C@H]2CN(CC(O)CO)C[C@H](C(=O)c3cccc(OC)c3)C2c2cccc(F)c2C)c1. The molecule has 1 fully saturated rings. The summed E-state index contributed by atoms with van der Waals surface area (Å²) in [5.41, 5.74) is 1.81. The van der Waals surface area contributed by atoms with Gasteiger partial charge in [-0.25, -0.2) is 4.39 Å². The Morgan fingerprint density at radius 2 is 1.44 bits per heavy atom. The van der Waals surface area contributed by atoms with Gasteiger partial charge in [-0.2, -0.15) is 0 Å². The number of Topliss-reactive ketones (excluding diaryl/α,β-unsaturated/α-hetero) is 2. The predicted octanol–water partition coefficient (Wildman–Crippen LogP) is 3.90. The van der Waals surface area contributed by atoms with Crippen LogP contribution >= 0.6 is 0 Å². The monoisotopic (exact) mass is 535 g/mol. The van der Waals surface area contributed by atoms with Gasteiger partial charge in [0, 0.05) is 48.5 Å². The van der Waals surface area contributed by atoms with Gasteiger partial charge in [0.25, 0.3) is 0 Å². The van der Waals surface area contributed by atoms with E-state index in [1.165, 1.54) is 20.3 Å². The third-order valence-electron chi connectivity index (χ3n) is 7.51. The molecule has 0 aromatic heterocycles. The van der Waals surface area contributed by atoms with Crippen LogP contribution in [0.5, 0.6) is 11.5 Å². The molecular formula is C31H34FNO6. The van der Waals surface area contributed by atoms with E-state index >= 15 is 0 Å². The van der Waals surface area contributed by atoms with Crippen LogP contribution in [-0.2, 0) is 0 Å². The van der Waals surface area contributed by atoms with Crippen molar-refractivity contribution in [2.24, 2.45) is 11.8 Å². The standard InChI is InChI=1S/C31H34FNO6/c1-19-25(11-6-12-28(19)32)29-26(30(36)20-7-4-9-23(13-20)38-2)16-33(15-22(35)18-34)17-27(29)31(37)21-8-5-10-24(14-21)39-3/h4-14,22,26-27,29,34-35H,15-18H2,1-3H3/t22?,26-,27-/m0/s1. The Morgan fingerprint density at radius 3 is 1.92 bits per heavy atom. The molecule has 1 unspecified atom stereocenters. The lowest BCUT2D eigenvalue weighted by Crippen LogP contribution is -2.52. The highest BCUT2D eigenvalue weighted by Crippen LogP contribution is 2.42. The Bertz CT molecular complexity index is 1260. The van der Waals surface area contributed by atoms with Gasteiger partial charge in [-0.05, 0) is 48.4 Å². The zero-order valence-corrected chi connectivity index (χ0v) is 22.3. The van der Waals surface area contributed by atoms with Gasteiger partial charge in [-0.15, -0.1) is 0 Å². The number of hydrogen-bond acceptors (Lipinski definition) is 7. The molecule has 39 heavy (non-hydrogen) atoms. The van der Waals surface area contributed by atoms with Crippen LogP contribution in [0, 0.1) is 24.6 Å². The van der Waals surface area contributed by atoms with Crippen LogP contribution in [0.2, 0.25) is 0 Å². The van der Waals surface area contributed by atoms with E-state index in [1.807, 2.05) is 4.90 Å². The van der Waals surface area contributed by atoms with E-state index in [9.17, 15) is 24.2 Å². The smallest absolute Gasteiger partial charge is 0.167 e. The Balaban J connectivity index is 1.86. The number of halogens is 1. The van der Waals surface area contributed by atoms with E-state index in [2.05, 4.69) is 0 Å². The van der Waals surface area contributed by atoms with Crippen LogP contribution < -0.4 is 9.47 Å². The number of rotatable bonds is 10. The second-order valence-electron chi connectivity index (χ2n) is 9.94. The van der Waals surface area contributed by atoms with E-state index in [0.29, 0.717) is 33.8 Å². The number of β-amino-alcohol motifs (C(OH)–C–C–N with tert-alkyl or cyclic N) is 1. The number of benzene rings is 3. The molecule has 1 aliphatic rings. The number of likely N-dealkylation sites (tertiary alicyclic amines) is 1. The first-order valence-corrected chi connectivity index (χ1v) is 12.9. The lowest BCUT2D eigenvalue weighted by Gasteiger charge is -2.44. The van der Waals surface area contributed by atoms with Gasteiger partial charge in [0.1, 0.15) is 17.3 Å². The zero-order chi connectivity index (χ0) is 28.1. The molecule has 4 rings (SSSR count). The molecule has 0 saturated carbocycles. The summed E-state index contributed by atoms with van der Waals surface area (Å²) in [5, 5.41) is 19.8. The summed E-state index contributed by atoms with van der Waals surface area (Å²) < 4.78 is 25.5. The third-order valence-corrected chi connectivity index (χ3v) is 7.51. The summed E-state index contributed by atoms with van der Waals surface area (Å²) >= 11 is 0. The van der Waals surface area contributed by atoms with Crippen LogP contribution in [0.1, 0.15) is 37.8 Å². The molecule has 8 heteroatoms. The summed E-state index contributed by atoms with van der Waals surface area (Å²) in [5.74, 6) is -1.91. The van der Waals surface area contributed by atoms with E-state index in [4.69, 9.17) is 9.47 Å². The number of ketones is 2. The first-order valence-electron chi connectivity index (χ1n) is 12.9. The fourth-order valence-electron chi connectivity index (χ4n) is 5.53. The van der Waals surface area contributed by atoms with Gasteiger partial charge < -0.3 is 19.7 Å². The predicted molar refractivity (Wildman–Crippen MR) is 145 cm³/mol. The van der Waals surface area contributed by atoms with Crippen molar-refractivity contribution in [1.29, 1.82) is 0 Å². The van der Waals surface area contributed by atoms with Crippen molar-refractivity contribution in [3.05, 3.63) is 94.8 Å². The number of piperidine rings is 1. The van der Waals surface area contributed by atoms with E-state index in [0.717, 1.165) is 0 Å². The molecule has 0 amide bonds. The van der Waals surface area contributed by atoms with E-state index in [-0.39, 0.29) is 31.2 Å². The lowest BCUT2D eigenvalue weighted by molar-refractivity contribution is 0.0239. The molecule has 0 bridgehead atoms. The van der Waals surface area contributed by atoms with E-state index in [1.54, 1.807) is 67.6 Å². The molecule has 1 aliphatic heterocycles. The Labute approximate surface area is 227 Å². The maximum Gasteiger partial charge on any atom is 0.167 e. The molecule has 0 aliphatic carbocycles. The van der Waals surface area contributed by atoms with Gasteiger partial charge in [0.05, 0.1) is 26.9 Å². The van der Waals surface area contributed by atoms with Crippen LogP contribution in [-0.4, -0.2) is 73.2 Å². The van der Waals surface area contributed by atoms with Gasteiger partial charge in [0.15, 0.2) is 11.6 Å². The van der Waals surface area contributed by atoms with Gasteiger partial charge in [-0.1, -0.05) is 36.4 Å². The Morgan fingerprint density at radius 1 is 0.923 bits per heavy atom. The number of carbonyl (C=O) groups excluding carboxylic acids is 2. The summed E-state index contributed by atoms with van der Waals surface area (Å²) in [4.78, 5) is 30.1. The first-order chi connectivity index (χ1) is 18.8. The topological polar surface area (TPSA) is 96.3 Å². The number of aliphatic hydroxyl groups excluding tert-OH is 2. The largest absolute Gasteiger partial charge is 0.497 e. The van der Waals surface area contributed by atoms with Crippen molar-refractivity contribution < 1.29 is 33.7 Å². The highest BCUT2D eigenvalue weighted by molar-refractivity contribution is 6.02. The maximum absolute atomic E-state index is 14.9. The number of ether oxygens (including phenoxy) is 2. The van der Waals surface area contributed by atoms with Crippen molar-refractivity contribution in [3.63, 3.8) is 0 Å². The second kappa shape index (κ2) is 12.5. The number of nitrogens with zero attached hydrogens (tertiary/aromatic N) is 1. The first kappa shape index (κ1) is 28.4. The average molecular weight is 536 g/mol. The number of methoxy groups -OCH3 is 2. The minimum atomic E-state index is -1.04. The average Bonchev–Trinajstić information content (AvgIpc) is 2.97. The van der Waals surface area contributed by atoms with Gasteiger partial charge in [-0.3, -0.25) is 14.5 Å². The van der Waals surface area contributed by atoms with Crippen LogP contribution in [0.4, 0.5) is 4.39 Å². The maximum atomic E-state index is 14.9. The molecule has 3 aromatic rings. The molecule has 206 valence electrons. The molecule has 0 radical (unpaired) electrons. The molecule has 2 N–H and O–H groups in total. The van der Waals surface area contributed by atoms with Gasteiger partial charge >= 0.3 is 0 Å². The summed E-state index contributed by atoms with van der Waals surface area (Å²) in [6.45, 7) is 1.72. The molecular weight excluding hydrogens is 501 g/mol. The second-order valence-corrected chi connectivity index (χ2v) is 9.94. The fourth-order valence-corrected chi connectivity index (χ4v) is 5.53. The van der Waals surface area contributed by atoms with Crippen molar-refractivity contribution in [2.75, 3.05) is 40.5 Å². The number of hydrogen-bond donors (Lipinski definition) is 2. The Kier molecular flexibility index (Phi) is 9.12. The molecule has 3 atom stereocenters. The number of carbonyl (C=O) groups is 2. The molecule has 0 spiro atoms. The Hall–Kier alpha value is -3.59.